The molecule has 0 heterocycles. The highest BCUT2D eigenvalue weighted by Gasteiger charge is 2.29. The molecule has 1 unspecified atom stereocenters. The van der Waals surface area contributed by atoms with E-state index < -0.39 is 21.5 Å². The third kappa shape index (κ3) is 4.64. The van der Waals surface area contributed by atoms with Crippen LogP contribution in [0.4, 0.5) is 0 Å². The predicted molar refractivity (Wildman–Crippen MR) is 139 cm³/mol. The van der Waals surface area contributed by atoms with Crippen LogP contribution in [0.2, 0.25) is 0 Å². The molecule has 0 saturated carbocycles. The Morgan fingerprint density at radius 1 is 0.694 bits per heavy atom. The number of ether oxygens (including phenoxy) is 1. The quantitative estimate of drug-likeness (QED) is 0.197. The van der Waals surface area contributed by atoms with Crippen LogP contribution in [0.1, 0.15) is 21.4 Å². The molecule has 0 aliphatic heterocycles. The van der Waals surface area contributed by atoms with Gasteiger partial charge in [-0.25, -0.2) is 13.2 Å². The Bertz CT molecular complexity index is 1630. The zero-order chi connectivity index (χ0) is 25.1. The lowest BCUT2D eigenvalue weighted by molar-refractivity contribution is 0.0428. The minimum Gasteiger partial charge on any atom is -0.745 e. The lowest BCUT2D eigenvalue weighted by atomic mass is 9.87. The number of fused-ring (bicyclic) bond motifs is 1. The van der Waals surface area contributed by atoms with Crippen LogP contribution in [-0.4, -0.2) is 18.9 Å². The molecule has 178 valence electrons. The van der Waals surface area contributed by atoms with Crippen molar-refractivity contribution in [2.45, 2.75) is 5.44 Å². The van der Waals surface area contributed by atoms with Crippen molar-refractivity contribution in [1.82, 2.24) is 0 Å². The third-order valence-corrected chi connectivity index (χ3v) is 6.84. The summed E-state index contributed by atoms with van der Waals surface area (Å²) in [6.45, 7) is 0. The molecule has 6 heteroatoms. The summed E-state index contributed by atoms with van der Waals surface area (Å²) in [6, 6.07) is 36.0. The van der Waals surface area contributed by atoms with Crippen LogP contribution in [-0.2, 0) is 14.9 Å². The van der Waals surface area contributed by atoms with E-state index in [9.17, 15) is 17.8 Å². The topological polar surface area (TPSA) is 83.5 Å². The monoisotopic (exact) mass is 493 g/mol. The molecule has 0 fully saturated rings. The molecule has 1 atom stereocenters. The van der Waals surface area contributed by atoms with Gasteiger partial charge in [0.2, 0.25) is 5.44 Å². The molecule has 36 heavy (non-hydrogen) atoms. The Kier molecular flexibility index (Phi) is 6.38. The zero-order valence-electron chi connectivity index (χ0n) is 19.1. The molecule has 0 aliphatic carbocycles. The highest BCUT2D eigenvalue weighted by molar-refractivity contribution is 7.85. The largest absolute Gasteiger partial charge is 0.745 e. The smallest absolute Gasteiger partial charge is 0.341 e. The van der Waals surface area contributed by atoms with Gasteiger partial charge >= 0.3 is 5.97 Å². The molecular weight excluding hydrogens is 472 g/mol. The lowest BCUT2D eigenvalue weighted by Gasteiger charge is -2.24. The molecule has 0 saturated heterocycles. The highest BCUT2D eigenvalue weighted by atomic mass is 32.2. The maximum atomic E-state index is 13.9. The number of rotatable bonds is 6. The third-order valence-electron chi connectivity index (χ3n) is 5.95. The molecule has 0 radical (unpaired) electrons. The van der Waals surface area contributed by atoms with Gasteiger partial charge in [-0.15, -0.1) is 0 Å². The van der Waals surface area contributed by atoms with Crippen LogP contribution >= 0.6 is 0 Å². The molecular formula is C30H21O5S-. The van der Waals surface area contributed by atoms with Gasteiger partial charge in [-0.2, -0.15) is 0 Å². The van der Waals surface area contributed by atoms with Gasteiger partial charge in [0.1, 0.15) is 10.1 Å². The molecule has 0 amide bonds. The molecule has 5 nitrogen and oxygen atoms in total. The van der Waals surface area contributed by atoms with E-state index in [-0.39, 0.29) is 11.1 Å². The van der Waals surface area contributed by atoms with Gasteiger partial charge in [-0.1, -0.05) is 115 Å². The Balaban J connectivity index is 1.79. The molecule has 5 aromatic carbocycles. The summed E-state index contributed by atoms with van der Waals surface area (Å²) in [7, 11) is -5.01. The van der Waals surface area contributed by atoms with E-state index >= 15 is 0 Å². The molecule has 0 spiro atoms. The summed E-state index contributed by atoms with van der Waals surface area (Å²) in [6.07, 6.45) is 0. The first-order valence-corrected chi connectivity index (χ1v) is 12.8. The van der Waals surface area contributed by atoms with Crippen molar-refractivity contribution in [3.8, 4) is 22.3 Å². The molecule has 5 rings (SSSR count). The van der Waals surface area contributed by atoms with E-state index in [1.165, 1.54) is 12.1 Å². The van der Waals surface area contributed by atoms with Crippen LogP contribution in [0.15, 0.2) is 121 Å². The van der Waals surface area contributed by atoms with Gasteiger partial charge in [0.05, 0.1) is 5.56 Å². The number of carbonyl (C=O) groups excluding carboxylic acids is 1. The van der Waals surface area contributed by atoms with Gasteiger partial charge < -0.3 is 9.29 Å². The standard InChI is InChI=1S/C30H22O5S/c31-29(35-30(36(32,33)34)23-16-8-3-9-17-23)28-26(21-12-4-1-5-13-21)20-24-18-10-11-19-25(24)27(28)22-14-6-2-7-15-22/h1-20,30H,(H,32,33,34)/p-1. The fourth-order valence-electron chi connectivity index (χ4n) is 4.37. The van der Waals surface area contributed by atoms with E-state index in [0.717, 1.165) is 21.9 Å². The van der Waals surface area contributed by atoms with Crippen LogP contribution < -0.4 is 0 Å². The lowest BCUT2D eigenvalue weighted by Crippen LogP contribution is -2.21. The minimum atomic E-state index is -5.01. The number of esters is 1. The van der Waals surface area contributed by atoms with Crippen molar-refractivity contribution in [2.75, 3.05) is 0 Å². The van der Waals surface area contributed by atoms with E-state index in [1.54, 1.807) is 18.2 Å². The summed E-state index contributed by atoms with van der Waals surface area (Å²) in [5, 5.41) is 1.71. The van der Waals surface area contributed by atoms with Crippen LogP contribution in [0.5, 0.6) is 0 Å². The average molecular weight is 494 g/mol. The number of hydrogen-bond acceptors (Lipinski definition) is 5. The summed E-state index contributed by atoms with van der Waals surface area (Å²) in [4.78, 5) is 13.9. The Labute approximate surface area is 209 Å². The molecule has 0 aromatic heterocycles. The van der Waals surface area contributed by atoms with Crippen molar-refractivity contribution in [3.05, 3.63) is 132 Å². The van der Waals surface area contributed by atoms with Gasteiger partial charge in [0, 0.05) is 11.1 Å². The summed E-state index contributed by atoms with van der Waals surface area (Å²) >= 11 is 0. The average Bonchev–Trinajstić information content (AvgIpc) is 2.91. The summed E-state index contributed by atoms with van der Waals surface area (Å²) in [5.41, 5.74) is 0.999. The van der Waals surface area contributed by atoms with E-state index in [1.807, 2.05) is 91.0 Å². The van der Waals surface area contributed by atoms with Crippen molar-refractivity contribution in [1.29, 1.82) is 0 Å². The van der Waals surface area contributed by atoms with Gasteiger partial charge in [0.15, 0.2) is 0 Å². The molecule has 0 aliphatic rings. The molecule has 5 aromatic rings. The number of hydrogen-bond donors (Lipinski definition) is 0. The van der Waals surface area contributed by atoms with Crippen LogP contribution in [0.3, 0.4) is 0 Å². The summed E-state index contributed by atoms with van der Waals surface area (Å²) < 4.78 is 42.1. The maximum absolute atomic E-state index is 13.9. The fraction of sp³-hybridized carbons (Fsp3) is 0.0333. The fourth-order valence-corrected chi connectivity index (χ4v) is 5.07. The van der Waals surface area contributed by atoms with Gasteiger partial charge in [-0.05, 0) is 33.5 Å². The second kappa shape index (κ2) is 9.77. The van der Waals surface area contributed by atoms with Crippen molar-refractivity contribution in [2.24, 2.45) is 0 Å². The second-order valence-corrected chi connectivity index (χ2v) is 9.68. The Hall–Kier alpha value is -4.26. The maximum Gasteiger partial charge on any atom is 0.341 e. The first-order chi connectivity index (χ1) is 17.4. The second-order valence-electron chi connectivity index (χ2n) is 8.27. The first-order valence-electron chi connectivity index (χ1n) is 11.3. The normalized spacial score (nSPS) is 12.2. The van der Waals surface area contributed by atoms with Crippen molar-refractivity contribution in [3.63, 3.8) is 0 Å². The van der Waals surface area contributed by atoms with E-state index in [4.69, 9.17) is 4.74 Å². The first kappa shape index (κ1) is 23.5. The number of carbonyl (C=O) groups is 1. The summed E-state index contributed by atoms with van der Waals surface area (Å²) in [5.74, 6) is -0.897. The van der Waals surface area contributed by atoms with Crippen LogP contribution in [0, 0.1) is 0 Å². The van der Waals surface area contributed by atoms with Crippen molar-refractivity contribution < 1.29 is 22.5 Å². The Morgan fingerprint density at radius 2 is 1.22 bits per heavy atom. The van der Waals surface area contributed by atoms with Gasteiger partial charge in [-0.3, -0.25) is 0 Å². The zero-order valence-corrected chi connectivity index (χ0v) is 19.9. The highest BCUT2D eigenvalue weighted by Crippen LogP contribution is 2.40. The number of benzene rings is 5. The van der Waals surface area contributed by atoms with E-state index in [2.05, 4.69) is 0 Å². The minimum absolute atomic E-state index is 0.0872. The van der Waals surface area contributed by atoms with Crippen molar-refractivity contribution >= 4 is 26.9 Å². The van der Waals surface area contributed by atoms with Gasteiger partial charge in [0.25, 0.3) is 0 Å². The SMILES string of the molecule is O=C(OC(c1ccccc1)S(=O)(=O)[O-])c1c(-c2ccccc2)cc2ccccc2c1-c1ccccc1. The molecule has 0 N–H and O–H groups in total. The van der Waals surface area contributed by atoms with Crippen LogP contribution in [0.25, 0.3) is 33.0 Å². The molecule has 0 bridgehead atoms. The van der Waals surface area contributed by atoms with E-state index in [0.29, 0.717) is 11.1 Å². The predicted octanol–water partition coefficient (Wildman–Crippen LogP) is 6.57. The Morgan fingerprint density at radius 3 is 1.83 bits per heavy atom.